The van der Waals surface area contributed by atoms with E-state index in [1.165, 1.54) is 10.9 Å². The minimum Gasteiger partial charge on any atom is -0.299 e. The SMILES string of the molecule is CON1C(=O)CCC12CCN(Cc1ccnc3ccccc13)CC2. The molecule has 126 valence electrons. The third-order valence-electron chi connectivity index (χ3n) is 5.56. The Balaban J connectivity index is 1.48. The molecule has 1 spiro atoms. The number of piperidine rings is 1. The first-order valence-electron chi connectivity index (χ1n) is 8.64. The molecule has 4 rings (SSSR count). The van der Waals surface area contributed by atoms with Gasteiger partial charge >= 0.3 is 0 Å². The van der Waals surface area contributed by atoms with Gasteiger partial charge in [0.2, 0.25) is 5.91 Å². The second kappa shape index (κ2) is 6.15. The summed E-state index contributed by atoms with van der Waals surface area (Å²) < 4.78 is 0. The van der Waals surface area contributed by atoms with E-state index in [0.29, 0.717) is 6.42 Å². The Morgan fingerprint density at radius 2 is 1.96 bits per heavy atom. The number of rotatable bonds is 3. The van der Waals surface area contributed by atoms with Crippen molar-refractivity contribution in [1.82, 2.24) is 14.9 Å². The summed E-state index contributed by atoms with van der Waals surface area (Å²) >= 11 is 0. The van der Waals surface area contributed by atoms with E-state index < -0.39 is 0 Å². The topological polar surface area (TPSA) is 45.7 Å². The number of hydroxylamine groups is 2. The van der Waals surface area contributed by atoms with Crippen LogP contribution < -0.4 is 0 Å². The molecule has 3 heterocycles. The predicted octanol–water partition coefficient (Wildman–Crippen LogP) is 2.75. The lowest BCUT2D eigenvalue weighted by molar-refractivity contribution is -0.202. The molecule has 24 heavy (non-hydrogen) atoms. The van der Waals surface area contributed by atoms with E-state index in [-0.39, 0.29) is 11.4 Å². The molecule has 1 aromatic carbocycles. The van der Waals surface area contributed by atoms with Crippen LogP contribution in [0.15, 0.2) is 36.5 Å². The van der Waals surface area contributed by atoms with Gasteiger partial charge in [0.25, 0.3) is 0 Å². The van der Waals surface area contributed by atoms with Crippen molar-refractivity contribution in [1.29, 1.82) is 0 Å². The van der Waals surface area contributed by atoms with Gasteiger partial charge in [-0.1, -0.05) is 18.2 Å². The van der Waals surface area contributed by atoms with Crippen LogP contribution in [-0.2, 0) is 16.2 Å². The maximum atomic E-state index is 12.0. The van der Waals surface area contributed by atoms with E-state index in [0.717, 1.165) is 44.4 Å². The molecule has 2 aromatic rings. The standard InChI is InChI=1S/C19H23N3O2/c1-24-22-18(23)6-8-19(22)9-12-21(13-10-19)14-15-7-11-20-17-5-3-2-4-16(15)17/h2-5,7,11H,6,8-10,12-14H2,1H3. The van der Waals surface area contributed by atoms with Crippen LogP contribution in [0.2, 0.25) is 0 Å². The van der Waals surface area contributed by atoms with Crippen molar-refractivity contribution in [2.75, 3.05) is 20.2 Å². The smallest absolute Gasteiger partial charge is 0.246 e. The number of amides is 1. The van der Waals surface area contributed by atoms with Crippen molar-refractivity contribution in [3.8, 4) is 0 Å². The molecule has 1 aromatic heterocycles. The summed E-state index contributed by atoms with van der Waals surface area (Å²) in [4.78, 5) is 24.3. The molecule has 5 nitrogen and oxygen atoms in total. The Hall–Kier alpha value is -1.98. The molecular formula is C19H23N3O2. The van der Waals surface area contributed by atoms with Crippen LogP contribution in [0.3, 0.4) is 0 Å². The van der Waals surface area contributed by atoms with Gasteiger partial charge in [-0.05, 0) is 37.0 Å². The largest absolute Gasteiger partial charge is 0.299 e. The monoisotopic (exact) mass is 325 g/mol. The number of fused-ring (bicyclic) bond motifs is 1. The van der Waals surface area contributed by atoms with Crippen LogP contribution in [0.4, 0.5) is 0 Å². The Morgan fingerprint density at radius 3 is 2.75 bits per heavy atom. The summed E-state index contributed by atoms with van der Waals surface area (Å²) in [5, 5.41) is 2.88. The molecule has 2 fully saturated rings. The summed E-state index contributed by atoms with van der Waals surface area (Å²) in [5.74, 6) is 0.131. The van der Waals surface area contributed by atoms with Gasteiger partial charge in [0.1, 0.15) is 0 Å². The molecule has 0 aliphatic carbocycles. The van der Waals surface area contributed by atoms with Crippen LogP contribution in [-0.4, -0.2) is 46.6 Å². The van der Waals surface area contributed by atoms with Crippen molar-refractivity contribution in [3.05, 3.63) is 42.1 Å². The van der Waals surface area contributed by atoms with Gasteiger partial charge in [0.05, 0.1) is 18.2 Å². The fourth-order valence-electron chi connectivity index (χ4n) is 4.22. The molecule has 0 saturated carbocycles. The zero-order valence-electron chi connectivity index (χ0n) is 14.1. The summed E-state index contributed by atoms with van der Waals surface area (Å²) in [6.07, 6.45) is 5.39. The Morgan fingerprint density at radius 1 is 1.17 bits per heavy atom. The zero-order valence-corrected chi connectivity index (χ0v) is 14.1. The first kappa shape index (κ1) is 15.5. The second-order valence-corrected chi connectivity index (χ2v) is 6.86. The highest BCUT2D eigenvalue weighted by Gasteiger charge is 2.47. The highest BCUT2D eigenvalue weighted by molar-refractivity contribution is 5.81. The van der Waals surface area contributed by atoms with Gasteiger partial charge in [-0.15, -0.1) is 0 Å². The number of hydrogen-bond acceptors (Lipinski definition) is 4. The van der Waals surface area contributed by atoms with E-state index in [1.807, 2.05) is 12.3 Å². The van der Waals surface area contributed by atoms with Crippen LogP contribution >= 0.6 is 0 Å². The lowest BCUT2D eigenvalue weighted by Gasteiger charge is -2.43. The molecule has 2 saturated heterocycles. The number of benzene rings is 1. The van der Waals surface area contributed by atoms with Crippen LogP contribution in [0, 0.1) is 0 Å². The predicted molar refractivity (Wildman–Crippen MR) is 92.1 cm³/mol. The maximum Gasteiger partial charge on any atom is 0.246 e. The first-order chi connectivity index (χ1) is 11.7. The fraction of sp³-hybridized carbons (Fsp3) is 0.474. The summed E-state index contributed by atoms with van der Waals surface area (Å²) in [6, 6.07) is 10.4. The van der Waals surface area contributed by atoms with Crippen molar-refractivity contribution < 1.29 is 9.63 Å². The van der Waals surface area contributed by atoms with Crippen molar-refractivity contribution >= 4 is 16.8 Å². The number of para-hydroxylation sites is 1. The number of aromatic nitrogens is 1. The van der Waals surface area contributed by atoms with E-state index in [2.05, 4.69) is 34.1 Å². The average Bonchev–Trinajstić information content (AvgIpc) is 2.93. The maximum absolute atomic E-state index is 12.0. The third-order valence-corrected chi connectivity index (χ3v) is 5.56. The molecular weight excluding hydrogens is 302 g/mol. The van der Waals surface area contributed by atoms with Crippen molar-refractivity contribution in [3.63, 3.8) is 0 Å². The van der Waals surface area contributed by atoms with E-state index in [1.54, 1.807) is 12.2 Å². The highest BCUT2D eigenvalue weighted by atomic mass is 16.7. The zero-order chi connectivity index (χ0) is 16.6. The lowest BCUT2D eigenvalue weighted by atomic mass is 9.86. The van der Waals surface area contributed by atoms with Gasteiger partial charge in [-0.2, -0.15) is 0 Å². The molecule has 5 heteroatoms. The molecule has 2 aliphatic heterocycles. The molecule has 0 unspecified atom stereocenters. The molecule has 0 atom stereocenters. The minimum absolute atomic E-state index is 0.0807. The number of hydrogen-bond donors (Lipinski definition) is 0. The minimum atomic E-state index is -0.0807. The highest BCUT2D eigenvalue weighted by Crippen LogP contribution is 2.39. The van der Waals surface area contributed by atoms with Crippen LogP contribution in [0.25, 0.3) is 10.9 Å². The van der Waals surface area contributed by atoms with Gasteiger partial charge < -0.3 is 0 Å². The van der Waals surface area contributed by atoms with Gasteiger partial charge in [-0.25, -0.2) is 5.06 Å². The summed E-state index contributed by atoms with van der Waals surface area (Å²) in [7, 11) is 1.61. The third kappa shape index (κ3) is 2.58. The van der Waals surface area contributed by atoms with E-state index >= 15 is 0 Å². The molecule has 0 bridgehead atoms. The fourth-order valence-corrected chi connectivity index (χ4v) is 4.22. The normalized spacial score (nSPS) is 21.0. The molecule has 0 N–H and O–H groups in total. The number of likely N-dealkylation sites (tertiary alicyclic amines) is 1. The van der Waals surface area contributed by atoms with Crippen LogP contribution in [0.1, 0.15) is 31.2 Å². The van der Waals surface area contributed by atoms with E-state index in [4.69, 9.17) is 4.84 Å². The number of pyridine rings is 1. The van der Waals surface area contributed by atoms with Gasteiger partial charge in [-0.3, -0.25) is 19.5 Å². The first-order valence-corrected chi connectivity index (χ1v) is 8.64. The Bertz CT molecular complexity index is 748. The van der Waals surface area contributed by atoms with Crippen LogP contribution in [0.5, 0.6) is 0 Å². The summed E-state index contributed by atoms with van der Waals surface area (Å²) in [6.45, 7) is 2.91. The number of carbonyl (C=O) groups is 1. The quantitative estimate of drug-likeness (QED) is 0.870. The lowest BCUT2D eigenvalue weighted by Crippen LogP contribution is -2.52. The van der Waals surface area contributed by atoms with Crippen molar-refractivity contribution in [2.24, 2.45) is 0 Å². The van der Waals surface area contributed by atoms with Gasteiger partial charge in [0, 0.05) is 37.6 Å². The van der Waals surface area contributed by atoms with E-state index in [9.17, 15) is 4.79 Å². The number of carbonyl (C=O) groups excluding carboxylic acids is 1. The van der Waals surface area contributed by atoms with Gasteiger partial charge in [0.15, 0.2) is 0 Å². The molecule has 2 aliphatic rings. The molecule has 0 radical (unpaired) electrons. The Kier molecular flexibility index (Phi) is 3.98. The van der Waals surface area contributed by atoms with Crippen molar-refractivity contribution in [2.45, 2.75) is 37.8 Å². The second-order valence-electron chi connectivity index (χ2n) is 6.86. The summed E-state index contributed by atoms with van der Waals surface area (Å²) in [5.41, 5.74) is 2.29. The Labute approximate surface area is 142 Å². The molecule has 1 amide bonds. The number of nitrogens with zero attached hydrogens (tertiary/aromatic N) is 3. The average molecular weight is 325 g/mol.